The lowest BCUT2D eigenvalue weighted by molar-refractivity contribution is 0.0742. The molecule has 0 saturated carbocycles. The zero-order valence-corrected chi connectivity index (χ0v) is 12.1. The van der Waals surface area contributed by atoms with Crippen molar-refractivity contribution in [3.63, 3.8) is 0 Å². The third kappa shape index (κ3) is 2.99. The fourth-order valence-corrected chi connectivity index (χ4v) is 2.07. The van der Waals surface area contributed by atoms with Gasteiger partial charge in [0.1, 0.15) is 0 Å². The van der Waals surface area contributed by atoms with Gasteiger partial charge in [0.05, 0.1) is 6.04 Å². The number of nitrogens with zero attached hydrogens (tertiary/aromatic N) is 1. The maximum absolute atomic E-state index is 12.4. The summed E-state index contributed by atoms with van der Waals surface area (Å²) >= 11 is 0. The summed E-state index contributed by atoms with van der Waals surface area (Å²) < 4.78 is 0. The molecule has 3 nitrogen and oxygen atoms in total. The van der Waals surface area contributed by atoms with Crippen LogP contribution in [0.3, 0.4) is 0 Å². The van der Waals surface area contributed by atoms with Crippen LogP contribution in [0.5, 0.6) is 0 Å². The summed E-state index contributed by atoms with van der Waals surface area (Å²) in [6, 6.07) is 15.3. The van der Waals surface area contributed by atoms with Crippen LogP contribution < -0.4 is 5.73 Å². The number of nitrogen functional groups attached to an aromatic ring is 1. The van der Waals surface area contributed by atoms with E-state index < -0.39 is 0 Å². The molecule has 0 bridgehead atoms. The summed E-state index contributed by atoms with van der Waals surface area (Å²) in [7, 11) is 1.82. The van der Waals surface area contributed by atoms with Gasteiger partial charge in [-0.1, -0.05) is 29.8 Å². The minimum Gasteiger partial charge on any atom is -0.399 e. The molecule has 2 rings (SSSR count). The van der Waals surface area contributed by atoms with Crippen molar-refractivity contribution in [1.29, 1.82) is 0 Å². The molecule has 0 fully saturated rings. The molecule has 0 heterocycles. The Kier molecular flexibility index (Phi) is 4.08. The second-order valence-corrected chi connectivity index (χ2v) is 5.12. The van der Waals surface area contributed by atoms with Crippen molar-refractivity contribution in [3.8, 4) is 0 Å². The van der Waals surface area contributed by atoms with Crippen LogP contribution in [0.4, 0.5) is 5.69 Å². The van der Waals surface area contributed by atoms with Crippen molar-refractivity contribution in [3.05, 3.63) is 65.2 Å². The van der Waals surface area contributed by atoms with Crippen LogP contribution >= 0.6 is 0 Å². The molecule has 1 atom stereocenters. The number of carbonyl (C=O) groups excluding carboxylic acids is 1. The van der Waals surface area contributed by atoms with Crippen LogP contribution in [-0.2, 0) is 0 Å². The predicted molar refractivity (Wildman–Crippen MR) is 82.5 cm³/mol. The van der Waals surface area contributed by atoms with Crippen LogP contribution in [0.15, 0.2) is 48.5 Å². The number of hydrogen-bond acceptors (Lipinski definition) is 2. The van der Waals surface area contributed by atoms with Crippen molar-refractivity contribution in [2.24, 2.45) is 0 Å². The molecule has 3 heteroatoms. The molecule has 0 aliphatic carbocycles. The van der Waals surface area contributed by atoms with E-state index in [0.29, 0.717) is 11.3 Å². The van der Waals surface area contributed by atoms with Crippen LogP contribution in [0, 0.1) is 6.92 Å². The van der Waals surface area contributed by atoms with Crippen molar-refractivity contribution in [2.45, 2.75) is 19.9 Å². The summed E-state index contributed by atoms with van der Waals surface area (Å²) in [5.74, 6) is -0.00178. The first kappa shape index (κ1) is 14.1. The first-order chi connectivity index (χ1) is 9.49. The molecule has 0 radical (unpaired) electrons. The monoisotopic (exact) mass is 268 g/mol. The van der Waals surface area contributed by atoms with E-state index in [2.05, 4.69) is 31.2 Å². The Morgan fingerprint density at radius 1 is 1.05 bits per heavy atom. The fraction of sp³-hybridized carbons (Fsp3) is 0.235. The Morgan fingerprint density at radius 3 is 2.15 bits per heavy atom. The third-order valence-corrected chi connectivity index (χ3v) is 3.62. The second kappa shape index (κ2) is 5.78. The smallest absolute Gasteiger partial charge is 0.254 e. The lowest BCUT2D eigenvalue weighted by Gasteiger charge is -2.25. The molecule has 2 aromatic rings. The SMILES string of the molecule is Cc1ccc(C(C)N(C)C(=O)c2ccc(N)cc2)cc1. The summed E-state index contributed by atoms with van der Waals surface area (Å²) in [5, 5.41) is 0. The Hall–Kier alpha value is -2.29. The standard InChI is InChI=1S/C17H20N2O/c1-12-4-6-14(7-5-12)13(2)19(3)17(20)15-8-10-16(18)11-9-15/h4-11,13H,18H2,1-3H3. The Bertz CT molecular complexity index is 587. The van der Waals surface area contributed by atoms with E-state index in [1.165, 1.54) is 5.56 Å². The van der Waals surface area contributed by atoms with Gasteiger partial charge in [-0.2, -0.15) is 0 Å². The number of rotatable bonds is 3. The number of amides is 1. The zero-order valence-electron chi connectivity index (χ0n) is 12.1. The van der Waals surface area contributed by atoms with Gasteiger partial charge in [0.2, 0.25) is 0 Å². The molecule has 1 unspecified atom stereocenters. The van der Waals surface area contributed by atoms with E-state index in [0.717, 1.165) is 5.56 Å². The van der Waals surface area contributed by atoms with Gasteiger partial charge in [-0.3, -0.25) is 4.79 Å². The van der Waals surface area contributed by atoms with Crippen LogP contribution in [0.2, 0.25) is 0 Å². The highest BCUT2D eigenvalue weighted by Crippen LogP contribution is 2.21. The molecule has 0 saturated heterocycles. The van der Waals surface area contributed by atoms with Crippen LogP contribution in [0.25, 0.3) is 0 Å². The first-order valence-electron chi connectivity index (χ1n) is 6.68. The van der Waals surface area contributed by atoms with E-state index in [1.54, 1.807) is 29.2 Å². The van der Waals surface area contributed by atoms with E-state index in [1.807, 2.05) is 14.0 Å². The largest absolute Gasteiger partial charge is 0.399 e. The molecule has 2 N–H and O–H groups in total. The number of nitrogens with two attached hydrogens (primary N) is 1. The third-order valence-electron chi connectivity index (χ3n) is 3.62. The van der Waals surface area contributed by atoms with Gasteiger partial charge >= 0.3 is 0 Å². The van der Waals surface area contributed by atoms with Crippen LogP contribution in [-0.4, -0.2) is 17.9 Å². The maximum atomic E-state index is 12.4. The Labute approximate surface area is 120 Å². The van der Waals surface area contributed by atoms with Gasteiger partial charge in [0, 0.05) is 18.3 Å². The number of carbonyl (C=O) groups is 1. The van der Waals surface area contributed by atoms with Gasteiger partial charge in [-0.05, 0) is 43.7 Å². The quantitative estimate of drug-likeness (QED) is 0.867. The summed E-state index contributed by atoms with van der Waals surface area (Å²) in [5.41, 5.74) is 9.30. The number of aryl methyl sites for hydroxylation is 1. The average molecular weight is 268 g/mol. The molecule has 0 aliphatic heterocycles. The van der Waals surface area contributed by atoms with Crippen molar-refractivity contribution in [2.75, 3.05) is 12.8 Å². The van der Waals surface area contributed by atoms with Gasteiger partial charge in [0.15, 0.2) is 0 Å². The normalized spacial score (nSPS) is 11.9. The van der Waals surface area contributed by atoms with E-state index >= 15 is 0 Å². The summed E-state index contributed by atoms with van der Waals surface area (Å²) in [6.07, 6.45) is 0. The van der Waals surface area contributed by atoms with Crippen molar-refractivity contribution in [1.82, 2.24) is 4.90 Å². The summed E-state index contributed by atoms with van der Waals surface area (Å²) in [6.45, 7) is 4.08. The molecule has 0 aromatic heterocycles. The molecule has 2 aromatic carbocycles. The summed E-state index contributed by atoms with van der Waals surface area (Å²) in [4.78, 5) is 14.2. The highest BCUT2D eigenvalue weighted by atomic mass is 16.2. The first-order valence-corrected chi connectivity index (χ1v) is 6.68. The molecule has 104 valence electrons. The molecule has 1 amide bonds. The van der Waals surface area contributed by atoms with Gasteiger partial charge in [-0.15, -0.1) is 0 Å². The molecule has 20 heavy (non-hydrogen) atoms. The molecule has 0 aliphatic rings. The van der Waals surface area contributed by atoms with E-state index in [-0.39, 0.29) is 11.9 Å². The molecular formula is C17H20N2O. The van der Waals surface area contributed by atoms with E-state index in [9.17, 15) is 4.79 Å². The topological polar surface area (TPSA) is 46.3 Å². The predicted octanol–water partition coefficient (Wildman–Crippen LogP) is 3.41. The number of anilines is 1. The highest BCUT2D eigenvalue weighted by Gasteiger charge is 2.18. The number of hydrogen-bond donors (Lipinski definition) is 1. The van der Waals surface area contributed by atoms with Crippen molar-refractivity contribution >= 4 is 11.6 Å². The minimum atomic E-state index is -0.00178. The lowest BCUT2D eigenvalue weighted by Crippen LogP contribution is -2.29. The highest BCUT2D eigenvalue weighted by molar-refractivity contribution is 5.94. The Balaban J connectivity index is 2.17. The molecular weight excluding hydrogens is 248 g/mol. The lowest BCUT2D eigenvalue weighted by atomic mass is 10.0. The zero-order chi connectivity index (χ0) is 14.7. The Morgan fingerprint density at radius 2 is 1.60 bits per heavy atom. The van der Waals surface area contributed by atoms with E-state index in [4.69, 9.17) is 5.73 Å². The minimum absolute atomic E-state index is 0.00178. The van der Waals surface area contributed by atoms with Crippen LogP contribution in [0.1, 0.15) is 34.5 Å². The maximum Gasteiger partial charge on any atom is 0.254 e. The second-order valence-electron chi connectivity index (χ2n) is 5.12. The van der Waals surface area contributed by atoms with Gasteiger partial charge in [-0.25, -0.2) is 0 Å². The number of benzene rings is 2. The molecule has 0 spiro atoms. The average Bonchev–Trinajstić information content (AvgIpc) is 2.46. The fourth-order valence-electron chi connectivity index (χ4n) is 2.07. The van der Waals surface area contributed by atoms with Gasteiger partial charge < -0.3 is 10.6 Å². The van der Waals surface area contributed by atoms with Gasteiger partial charge in [0.25, 0.3) is 5.91 Å². The van der Waals surface area contributed by atoms with Crippen molar-refractivity contribution < 1.29 is 4.79 Å².